The minimum atomic E-state index is 0.687. The molecule has 16 heavy (non-hydrogen) atoms. The zero-order valence-electron chi connectivity index (χ0n) is 10.0. The Bertz CT molecular complexity index is 380. The highest BCUT2D eigenvalue weighted by Crippen LogP contribution is 2.24. The molecule has 0 aliphatic carbocycles. The van der Waals surface area contributed by atoms with Crippen LogP contribution in [0.2, 0.25) is 0 Å². The van der Waals surface area contributed by atoms with Gasteiger partial charge in [-0.2, -0.15) is 0 Å². The Morgan fingerprint density at radius 1 is 1.19 bits per heavy atom. The Morgan fingerprint density at radius 3 is 2.69 bits per heavy atom. The van der Waals surface area contributed by atoms with E-state index in [1.807, 2.05) is 13.8 Å². The highest BCUT2D eigenvalue weighted by molar-refractivity contribution is 5.45. The monoisotopic (exact) mass is 221 g/mol. The molecule has 0 saturated heterocycles. The SMILES string of the molecule is CCOCc1cn2c(c1COCC)CC=C2. The zero-order valence-corrected chi connectivity index (χ0v) is 10.0. The van der Waals surface area contributed by atoms with Crippen LogP contribution in [0.3, 0.4) is 0 Å². The fourth-order valence-corrected chi connectivity index (χ4v) is 2.02. The lowest BCUT2D eigenvalue weighted by molar-refractivity contribution is 0.120. The lowest BCUT2D eigenvalue weighted by atomic mass is 10.1. The molecule has 0 N–H and O–H groups in total. The molecule has 1 aliphatic heterocycles. The number of nitrogens with zero attached hydrogens (tertiary/aromatic N) is 1. The lowest BCUT2D eigenvalue weighted by Crippen LogP contribution is -2.00. The fourth-order valence-electron chi connectivity index (χ4n) is 2.02. The van der Waals surface area contributed by atoms with Crippen LogP contribution in [-0.2, 0) is 29.1 Å². The van der Waals surface area contributed by atoms with E-state index in [4.69, 9.17) is 9.47 Å². The van der Waals surface area contributed by atoms with E-state index in [-0.39, 0.29) is 0 Å². The van der Waals surface area contributed by atoms with Crippen molar-refractivity contribution in [3.63, 3.8) is 0 Å². The molecule has 0 fully saturated rings. The first-order chi connectivity index (χ1) is 7.86. The van der Waals surface area contributed by atoms with Gasteiger partial charge in [-0.3, -0.25) is 0 Å². The van der Waals surface area contributed by atoms with Crippen LogP contribution >= 0.6 is 0 Å². The molecule has 0 aromatic carbocycles. The van der Waals surface area contributed by atoms with Crippen LogP contribution in [0.5, 0.6) is 0 Å². The van der Waals surface area contributed by atoms with Gasteiger partial charge in [0.15, 0.2) is 0 Å². The van der Waals surface area contributed by atoms with Crippen molar-refractivity contribution in [3.8, 4) is 0 Å². The van der Waals surface area contributed by atoms with Crippen molar-refractivity contribution >= 4 is 6.20 Å². The molecule has 88 valence electrons. The Hall–Kier alpha value is -1.06. The number of aromatic nitrogens is 1. The summed E-state index contributed by atoms with van der Waals surface area (Å²) in [6, 6.07) is 0. The number of allylic oxidation sites excluding steroid dienone is 1. The number of ether oxygens (including phenoxy) is 2. The molecule has 2 heterocycles. The van der Waals surface area contributed by atoms with Crippen LogP contribution in [0, 0.1) is 0 Å². The van der Waals surface area contributed by atoms with Gasteiger partial charge in [-0.05, 0) is 13.8 Å². The molecule has 3 heteroatoms. The first kappa shape index (κ1) is 11.4. The van der Waals surface area contributed by atoms with Gasteiger partial charge < -0.3 is 14.0 Å². The van der Waals surface area contributed by atoms with Crippen molar-refractivity contribution in [2.75, 3.05) is 13.2 Å². The highest BCUT2D eigenvalue weighted by atomic mass is 16.5. The van der Waals surface area contributed by atoms with Crippen molar-refractivity contribution in [1.29, 1.82) is 0 Å². The maximum absolute atomic E-state index is 5.53. The quantitative estimate of drug-likeness (QED) is 0.737. The molecular formula is C13H19NO2. The van der Waals surface area contributed by atoms with Gasteiger partial charge in [0, 0.05) is 48.9 Å². The van der Waals surface area contributed by atoms with Crippen LogP contribution in [-0.4, -0.2) is 17.8 Å². The summed E-state index contributed by atoms with van der Waals surface area (Å²) in [5.74, 6) is 0. The van der Waals surface area contributed by atoms with E-state index in [1.54, 1.807) is 0 Å². The molecule has 1 aliphatic rings. The third-order valence-electron chi connectivity index (χ3n) is 2.83. The summed E-state index contributed by atoms with van der Waals surface area (Å²) in [5, 5.41) is 0. The molecule has 0 spiro atoms. The van der Waals surface area contributed by atoms with Gasteiger partial charge in [0.05, 0.1) is 13.2 Å². The second-order valence-electron chi connectivity index (χ2n) is 3.85. The summed E-state index contributed by atoms with van der Waals surface area (Å²) in [7, 11) is 0. The average molecular weight is 221 g/mol. The van der Waals surface area contributed by atoms with Crippen molar-refractivity contribution in [2.45, 2.75) is 33.5 Å². The topological polar surface area (TPSA) is 23.4 Å². The van der Waals surface area contributed by atoms with Gasteiger partial charge in [0.25, 0.3) is 0 Å². The smallest absolute Gasteiger partial charge is 0.0738 e. The Morgan fingerprint density at radius 2 is 1.94 bits per heavy atom. The summed E-state index contributed by atoms with van der Waals surface area (Å²) >= 11 is 0. The maximum Gasteiger partial charge on any atom is 0.0738 e. The fraction of sp³-hybridized carbons (Fsp3) is 0.538. The van der Waals surface area contributed by atoms with Gasteiger partial charge in [0.2, 0.25) is 0 Å². The summed E-state index contributed by atoms with van der Waals surface area (Å²) in [4.78, 5) is 0. The summed E-state index contributed by atoms with van der Waals surface area (Å²) < 4.78 is 13.2. The van der Waals surface area contributed by atoms with Crippen LogP contribution in [0.15, 0.2) is 12.3 Å². The van der Waals surface area contributed by atoms with E-state index >= 15 is 0 Å². The first-order valence-electron chi connectivity index (χ1n) is 5.90. The average Bonchev–Trinajstić information content (AvgIpc) is 2.84. The Labute approximate surface area is 96.7 Å². The van der Waals surface area contributed by atoms with Gasteiger partial charge in [0.1, 0.15) is 0 Å². The van der Waals surface area contributed by atoms with Crippen molar-refractivity contribution < 1.29 is 9.47 Å². The number of fused-ring (bicyclic) bond motifs is 1. The van der Waals surface area contributed by atoms with E-state index in [9.17, 15) is 0 Å². The second-order valence-corrected chi connectivity index (χ2v) is 3.85. The minimum absolute atomic E-state index is 0.687. The van der Waals surface area contributed by atoms with Gasteiger partial charge >= 0.3 is 0 Å². The first-order valence-corrected chi connectivity index (χ1v) is 5.90. The molecule has 2 rings (SSSR count). The van der Waals surface area contributed by atoms with Gasteiger partial charge in [-0.15, -0.1) is 0 Å². The van der Waals surface area contributed by atoms with Crippen LogP contribution in [0.4, 0.5) is 0 Å². The van der Waals surface area contributed by atoms with E-state index in [2.05, 4.69) is 23.0 Å². The second kappa shape index (κ2) is 5.32. The molecule has 0 unspecified atom stereocenters. The van der Waals surface area contributed by atoms with Crippen molar-refractivity contribution in [3.05, 3.63) is 29.1 Å². The predicted octanol–water partition coefficient (Wildman–Crippen LogP) is 2.59. The third-order valence-corrected chi connectivity index (χ3v) is 2.83. The summed E-state index contributed by atoms with van der Waals surface area (Å²) in [6.07, 6.45) is 7.45. The van der Waals surface area contributed by atoms with E-state index in [0.29, 0.717) is 13.2 Å². The van der Waals surface area contributed by atoms with Crippen LogP contribution in [0.25, 0.3) is 6.20 Å². The summed E-state index contributed by atoms with van der Waals surface area (Å²) in [5.41, 5.74) is 3.91. The Kier molecular flexibility index (Phi) is 3.80. The molecular weight excluding hydrogens is 202 g/mol. The molecule has 0 atom stereocenters. The van der Waals surface area contributed by atoms with E-state index in [0.717, 1.165) is 19.6 Å². The molecule has 0 bridgehead atoms. The van der Waals surface area contributed by atoms with Crippen LogP contribution < -0.4 is 0 Å². The molecule has 0 radical (unpaired) electrons. The van der Waals surface area contributed by atoms with E-state index in [1.165, 1.54) is 16.8 Å². The third kappa shape index (κ3) is 2.20. The normalized spacial score (nSPS) is 13.4. The number of rotatable bonds is 6. The van der Waals surface area contributed by atoms with Gasteiger partial charge in [-0.25, -0.2) is 0 Å². The highest BCUT2D eigenvalue weighted by Gasteiger charge is 2.16. The molecule has 0 saturated carbocycles. The molecule has 1 aromatic rings. The minimum Gasteiger partial charge on any atom is -0.377 e. The van der Waals surface area contributed by atoms with Crippen molar-refractivity contribution in [1.82, 2.24) is 4.57 Å². The Balaban J connectivity index is 2.17. The van der Waals surface area contributed by atoms with Gasteiger partial charge in [-0.1, -0.05) is 6.08 Å². The summed E-state index contributed by atoms with van der Waals surface area (Å²) in [6.45, 7) is 6.94. The number of hydrogen-bond donors (Lipinski definition) is 0. The molecule has 0 amide bonds. The molecule has 1 aromatic heterocycles. The number of hydrogen-bond acceptors (Lipinski definition) is 2. The van der Waals surface area contributed by atoms with Crippen molar-refractivity contribution in [2.24, 2.45) is 0 Å². The predicted molar refractivity (Wildman–Crippen MR) is 64.1 cm³/mol. The van der Waals surface area contributed by atoms with E-state index < -0.39 is 0 Å². The maximum atomic E-state index is 5.53. The molecule has 3 nitrogen and oxygen atoms in total. The largest absolute Gasteiger partial charge is 0.377 e. The standard InChI is InChI=1S/C13H19NO2/c1-3-15-9-11-8-14-7-5-6-13(14)12(11)10-16-4-2/h5,7-8H,3-4,6,9-10H2,1-2H3. The van der Waals surface area contributed by atoms with Crippen LogP contribution in [0.1, 0.15) is 30.7 Å². The zero-order chi connectivity index (χ0) is 11.4. The lowest BCUT2D eigenvalue weighted by Gasteiger charge is -2.06.